The van der Waals surface area contributed by atoms with E-state index >= 15 is 0 Å². The smallest absolute Gasteiger partial charge is 0.408 e. The van der Waals surface area contributed by atoms with E-state index in [1.165, 1.54) is 13.2 Å². The number of aliphatic carboxylic acids is 1. The maximum absolute atomic E-state index is 11.7. The van der Waals surface area contributed by atoms with Gasteiger partial charge in [-0.2, -0.15) is 0 Å². The number of nitrogens with one attached hydrogen (secondary N) is 1. The number of carboxylic acids is 1. The van der Waals surface area contributed by atoms with Crippen LogP contribution in [0.2, 0.25) is 0 Å². The second kappa shape index (κ2) is 7.62. The molecule has 0 spiro atoms. The zero-order chi connectivity index (χ0) is 17.6. The van der Waals surface area contributed by atoms with E-state index in [-0.39, 0.29) is 6.42 Å². The van der Waals surface area contributed by atoms with E-state index in [0.717, 1.165) is 0 Å². The number of amides is 1. The topological polar surface area (TPSA) is 102 Å². The van der Waals surface area contributed by atoms with E-state index in [2.05, 4.69) is 5.32 Å². The van der Waals surface area contributed by atoms with Gasteiger partial charge < -0.3 is 19.9 Å². The molecule has 0 fully saturated rings. The van der Waals surface area contributed by atoms with Crippen LogP contribution in [0.1, 0.15) is 36.7 Å². The van der Waals surface area contributed by atoms with Crippen molar-refractivity contribution in [3.8, 4) is 5.75 Å². The minimum Gasteiger partial charge on any atom is -0.497 e. The Labute approximate surface area is 134 Å². The van der Waals surface area contributed by atoms with Crippen LogP contribution >= 0.6 is 0 Å². The van der Waals surface area contributed by atoms with Crippen molar-refractivity contribution in [1.29, 1.82) is 0 Å². The summed E-state index contributed by atoms with van der Waals surface area (Å²) in [7, 11) is 1.47. The molecule has 1 unspecified atom stereocenters. The first-order valence-corrected chi connectivity index (χ1v) is 7.00. The molecule has 1 aromatic rings. The highest BCUT2D eigenvalue weighted by atomic mass is 16.6. The van der Waals surface area contributed by atoms with Crippen LogP contribution in [-0.4, -0.2) is 42.2 Å². The van der Waals surface area contributed by atoms with Crippen LogP contribution in [0.5, 0.6) is 5.75 Å². The van der Waals surface area contributed by atoms with Crippen molar-refractivity contribution in [2.75, 3.05) is 7.11 Å². The molecule has 0 aliphatic carbocycles. The summed E-state index contributed by atoms with van der Waals surface area (Å²) in [5.74, 6) is -0.730. The molecular formula is C16H21NO6. The van der Waals surface area contributed by atoms with Gasteiger partial charge in [0.15, 0.2) is 0 Å². The quantitative estimate of drug-likeness (QED) is 0.777. The molecule has 0 saturated carbocycles. The fourth-order valence-electron chi connectivity index (χ4n) is 1.87. The number of alkyl carbamates (subject to hydrolysis) is 1. The van der Waals surface area contributed by atoms with Crippen LogP contribution in [0, 0.1) is 0 Å². The summed E-state index contributed by atoms with van der Waals surface area (Å²) < 4.78 is 10.1. The third-order valence-corrected chi connectivity index (χ3v) is 2.89. The Morgan fingerprint density at radius 2 is 2.00 bits per heavy atom. The molecule has 0 saturated heterocycles. The average molecular weight is 323 g/mol. The van der Waals surface area contributed by atoms with E-state index in [9.17, 15) is 19.5 Å². The van der Waals surface area contributed by atoms with E-state index in [4.69, 9.17) is 9.47 Å². The van der Waals surface area contributed by atoms with Gasteiger partial charge >= 0.3 is 12.1 Å². The number of carbonyl (C=O) groups excluding carboxylic acids is 2. The normalized spacial score (nSPS) is 12.2. The van der Waals surface area contributed by atoms with E-state index in [1.54, 1.807) is 32.9 Å². The fraction of sp³-hybridized carbons (Fsp3) is 0.438. The van der Waals surface area contributed by atoms with Crippen LogP contribution in [0.25, 0.3) is 0 Å². The minimum atomic E-state index is -1.22. The standard InChI is InChI=1S/C16H21NO6/c1-16(2,3)23-15(21)17-13(14(19)20)8-10-5-6-12(22-4)7-11(10)9-18/h5-7,9,13H,8H2,1-4H3,(H,17,21)(H,19,20). The van der Waals surface area contributed by atoms with Crippen LogP contribution in [0.15, 0.2) is 18.2 Å². The van der Waals surface area contributed by atoms with E-state index in [0.29, 0.717) is 23.2 Å². The van der Waals surface area contributed by atoms with Gasteiger partial charge in [0, 0.05) is 12.0 Å². The Bertz CT molecular complexity index is 591. The zero-order valence-electron chi connectivity index (χ0n) is 13.6. The van der Waals surface area contributed by atoms with Gasteiger partial charge in [-0.05, 0) is 38.5 Å². The summed E-state index contributed by atoms with van der Waals surface area (Å²) in [6, 6.07) is 3.51. The first kappa shape index (κ1) is 18.5. The highest BCUT2D eigenvalue weighted by molar-refractivity contribution is 5.82. The summed E-state index contributed by atoms with van der Waals surface area (Å²) in [6.07, 6.45) is -0.261. The van der Waals surface area contributed by atoms with Gasteiger partial charge in [0.05, 0.1) is 7.11 Å². The molecule has 126 valence electrons. The monoisotopic (exact) mass is 323 g/mol. The van der Waals surface area contributed by atoms with Crippen molar-refractivity contribution in [2.24, 2.45) is 0 Å². The molecular weight excluding hydrogens is 302 g/mol. The molecule has 1 atom stereocenters. The van der Waals surface area contributed by atoms with Crippen LogP contribution in [0.4, 0.5) is 4.79 Å². The van der Waals surface area contributed by atoms with Crippen LogP contribution < -0.4 is 10.1 Å². The molecule has 1 amide bonds. The Morgan fingerprint density at radius 3 is 2.48 bits per heavy atom. The summed E-state index contributed by atoms with van der Waals surface area (Å²) in [4.78, 5) is 34.2. The van der Waals surface area contributed by atoms with E-state index in [1.807, 2.05) is 0 Å². The summed E-state index contributed by atoms with van der Waals surface area (Å²) in [6.45, 7) is 5.03. The molecule has 7 heteroatoms. The Kier molecular flexibility index (Phi) is 6.12. The average Bonchev–Trinajstić information content (AvgIpc) is 2.44. The Morgan fingerprint density at radius 1 is 1.35 bits per heavy atom. The third kappa shape index (κ3) is 5.98. The van der Waals surface area contributed by atoms with Gasteiger partial charge in [0.2, 0.25) is 0 Å². The number of ether oxygens (including phenoxy) is 2. The molecule has 1 rings (SSSR count). The largest absolute Gasteiger partial charge is 0.497 e. The maximum atomic E-state index is 11.7. The number of benzene rings is 1. The van der Waals surface area contributed by atoms with Gasteiger partial charge in [0.25, 0.3) is 0 Å². The predicted octanol–water partition coefficient (Wildman–Crippen LogP) is 2.03. The second-order valence-corrected chi connectivity index (χ2v) is 5.92. The number of hydrogen-bond acceptors (Lipinski definition) is 5. The van der Waals surface area contributed by atoms with Crippen molar-refractivity contribution in [3.63, 3.8) is 0 Å². The zero-order valence-corrected chi connectivity index (χ0v) is 13.6. The third-order valence-electron chi connectivity index (χ3n) is 2.89. The lowest BCUT2D eigenvalue weighted by Crippen LogP contribution is -2.44. The Hall–Kier alpha value is -2.57. The summed E-state index contributed by atoms with van der Waals surface area (Å²) >= 11 is 0. The van der Waals surface area contributed by atoms with Crippen molar-refractivity contribution in [1.82, 2.24) is 5.32 Å². The molecule has 23 heavy (non-hydrogen) atoms. The Balaban J connectivity index is 2.90. The van der Waals surface area contributed by atoms with Crippen LogP contribution in [0.3, 0.4) is 0 Å². The number of methoxy groups -OCH3 is 1. The van der Waals surface area contributed by atoms with Gasteiger partial charge in [-0.1, -0.05) is 6.07 Å². The molecule has 7 nitrogen and oxygen atoms in total. The molecule has 0 aliphatic heterocycles. The van der Waals surface area contributed by atoms with Crippen LogP contribution in [-0.2, 0) is 16.0 Å². The van der Waals surface area contributed by atoms with E-state index < -0.39 is 23.7 Å². The molecule has 0 heterocycles. The molecule has 0 radical (unpaired) electrons. The number of hydrogen-bond donors (Lipinski definition) is 2. The molecule has 1 aromatic carbocycles. The second-order valence-electron chi connectivity index (χ2n) is 5.92. The number of rotatable bonds is 6. The predicted molar refractivity (Wildman–Crippen MR) is 82.9 cm³/mol. The summed E-state index contributed by atoms with van der Waals surface area (Å²) in [5, 5.41) is 11.6. The lowest BCUT2D eigenvalue weighted by atomic mass is 10.0. The number of aldehydes is 1. The number of carboxylic acid groups (broad SMARTS) is 1. The molecule has 2 N–H and O–H groups in total. The highest BCUT2D eigenvalue weighted by Gasteiger charge is 2.25. The summed E-state index contributed by atoms with van der Waals surface area (Å²) in [5.41, 5.74) is 0.0622. The molecule has 0 bridgehead atoms. The van der Waals surface area contributed by atoms with Crippen molar-refractivity contribution in [3.05, 3.63) is 29.3 Å². The maximum Gasteiger partial charge on any atom is 0.408 e. The SMILES string of the molecule is COc1ccc(CC(NC(=O)OC(C)(C)C)C(=O)O)c(C=O)c1. The van der Waals surface area contributed by atoms with Crippen molar-refractivity contribution < 1.29 is 29.0 Å². The molecule has 0 aliphatic rings. The fourth-order valence-corrected chi connectivity index (χ4v) is 1.87. The van der Waals surface area contributed by atoms with Crippen molar-refractivity contribution in [2.45, 2.75) is 38.8 Å². The van der Waals surface area contributed by atoms with Gasteiger partial charge in [-0.3, -0.25) is 4.79 Å². The lowest BCUT2D eigenvalue weighted by Gasteiger charge is -2.22. The number of carbonyl (C=O) groups is 3. The van der Waals surface area contributed by atoms with Crippen molar-refractivity contribution >= 4 is 18.3 Å². The first-order chi connectivity index (χ1) is 10.7. The molecule has 0 aromatic heterocycles. The lowest BCUT2D eigenvalue weighted by molar-refractivity contribution is -0.139. The minimum absolute atomic E-state index is 0.0490. The van der Waals surface area contributed by atoms with Gasteiger partial charge in [0.1, 0.15) is 23.7 Å². The highest BCUT2D eigenvalue weighted by Crippen LogP contribution is 2.18. The van der Waals surface area contributed by atoms with Gasteiger partial charge in [-0.15, -0.1) is 0 Å². The first-order valence-electron chi connectivity index (χ1n) is 7.00. The van der Waals surface area contributed by atoms with Gasteiger partial charge in [-0.25, -0.2) is 9.59 Å².